The highest BCUT2D eigenvalue weighted by Crippen LogP contribution is 2.57. The summed E-state index contributed by atoms with van der Waals surface area (Å²) in [5.74, 6) is 0.734. The minimum Gasteiger partial charge on any atom is -0.303 e. The molecule has 13 heavy (non-hydrogen) atoms. The van der Waals surface area contributed by atoms with E-state index < -0.39 is 0 Å². The fourth-order valence-corrected chi connectivity index (χ4v) is 3.16. The molecule has 76 valence electrons. The van der Waals surface area contributed by atoms with Gasteiger partial charge < -0.3 is 4.79 Å². The normalized spacial score (nSPS) is 37.7. The lowest BCUT2D eigenvalue weighted by Crippen LogP contribution is -2.37. The van der Waals surface area contributed by atoms with Crippen molar-refractivity contribution in [2.45, 2.75) is 53.4 Å². The molecule has 0 aromatic heterocycles. The Hall–Kier alpha value is -0.330. The molecule has 1 aliphatic rings. The second-order valence-electron chi connectivity index (χ2n) is 4.99. The van der Waals surface area contributed by atoms with Gasteiger partial charge in [0.25, 0.3) is 0 Å². The van der Waals surface area contributed by atoms with Crippen molar-refractivity contribution in [3.8, 4) is 0 Å². The Labute approximate surface area is 81.9 Å². The molecule has 1 aliphatic carbocycles. The Balaban J connectivity index is 2.96. The minimum absolute atomic E-state index is 0.0341. The average Bonchev–Trinajstić information content (AvgIpc) is 2.37. The lowest BCUT2D eigenvalue weighted by atomic mass is 9.63. The molecule has 0 aromatic rings. The molecule has 0 aromatic carbocycles. The Morgan fingerprint density at radius 1 is 1.38 bits per heavy atom. The standard InChI is InChI=1S/C12H22O/c1-5-10-7-8-12(6-2,9-13)11(10,3)4/h9-10H,5-8H2,1-4H3. The van der Waals surface area contributed by atoms with E-state index in [-0.39, 0.29) is 10.8 Å². The van der Waals surface area contributed by atoms with Crippen LogP contribution in [0, 0.1) is 16.7 Å². The van der Waals surface area contributed by atoms with Crippen LogP contribution in [0.25, 0.3) is 0 Å². The molecule has 0 saturated heterocycles. The summed E-state index contributed by atoms with van der Waals surface area (Å²) in [4.78, 5) is 11.2. The van der Waals surface area contributed by atoms with Crippen LogP contribution in [0.15, 0.2) is 0 Å². The van der Waals surface area contributed by atoms with Crippen LogP contribution in [0.5, 0.6) is 0 Å². The van der Waals surface area contributed by atoms with Crippen molar-refractivity contribution in [1.29, 1.82) is 0 Å². The molecule has 1 nitrogen and oxygen atoms in total. The molecule has 0 spiro atoms. The van der Waals surface area contributed by atoms with E-state index in [0.29, 0.717) is 0 Å². The molecule has 0 heterocycles. The predicted molar refractivity (Wildman–Crippen MR) is 55.6 cm³/mol. The third-order valence-corrected chi connectivity index (χ3v) is 4.59. The average molecular weight is 182 g/mol. The van der Waals surface area contributed by atoms with Gasteiger partial charge in [-0.2, -0.15) is 0 Å². The number of aldehydes is 1. The first-order valence-corrected chi connectivity index (χ1v) is 5.50. The molecule has 1 fully saturated rings. The largest absolute Gasteiger partial charge is 0.303 e. The first-order valence-electron chi connectivity index (χ1n) is 5.50. The van der Waals surface area contributed by atoms with E-state index in [2.05, 4.69) is 27.7 Å². The van der Waals surface area contributed by atoms with E-state index in [0.717, 1.165) is 18.8 Å². The van der Waals surface area contributed by atoms with E-state index >= 15 is 0 Å². The van der Waals surface area contributed by atoms with Gasteiger partial charge in [0.15, 0.2) is 0 Å². The summed E-state index contributed by atoms with van der Waals surface area (Å²) in [5.41, 5.74) is 0.173. The predicted octanol–water partition coefficient (Wildman–Crippen LogP) is 3.43. The fourth-order valence-electron chi connectivity index (χ4n) is 3.16. The summed E-state index contributed by atoms with van der Waals surface area (Å²) in [7, 11) is 0. The fraction of sp³-hybridized carbons (Fsp3) is 0.917. The molecule has 2 atom stereocenters. The Kier molecular flexibility index (Phi) is 2.84. The zero-order chi connectivity index (χ0) is 10.1. The molecule has 2 unspecified atom stereocenters. The highest BCUT2D eigenvalue weighted by molar-refractivity contribution is 5.61. The van der Waals surface area contributed by atoms with Gasteiger partial charge in [-0.05, 0) is 30.6 Å². The molecule has 1 saturated carbocycles. The van der Waals surface area contributed by atoms with Crippen LogP contribution in [-0.2, 0) is 4.79 Å². The van der Waals surface area contributed by atoms with Gasteiger partial charge >= 0.3 is 0 Å². The second-order valence-corrected chi connectivity index (χ2v) is 4.99. The number of carbonyl (C=O) groups excluding carboxylic acids is 1. The van der Waals surface area contributed by atoms with Gasteiger partial charge in [0.1, 0.15) is 6.29 Å². The van der Waals surface area contributed by atoms with Gasteiger partial charge in [0, 0.05) is 5.41 Å². The van der Waals surface area contributed by atoms with Crippen LogP contribution in [-0.4, -0.2) is 6.29 Å². The summed E-state index contributed by atoms with van der Waals surface area (Å²) >= 11 is 0. The third-order valence-electron chi connectivity index (χ3n) is 4.59. The first-order chi connectivity index (χ1) is 6.04. The van der Waals surface area contributed by atoms with E-state index in [1.807, 2.05) is 0 Å². The van der Waals surface area contributed by atoms with Crippen molar-refractivity contribution >= 4 is 6.29 Å². The van der Waals surface area contributed by atoms with Gasteiger partial charge in [-0.25, -0.2) is 0 Å². The van der Waals surface area contributed by atoms with Gasteiger partial charge in [-0.3, -0.25) is 0 Å². The number of carbonyl (C=O) groups is 1. The van der Waals surface area contributed by atoms with E-state index in [9.17, 15) is 4.79 Å². The molecule has 0 aliphatic heterocycles. The lowest BCUT2D eigenvalue weighted by molar-refractivity contribution is -0.122. The van der Waals surface area contributed by atoms with Crippen molar-refractivity contribution in [1.82, 2.24) is 0 Å². The highest BCUT2D eigenvalue weighted by atomic mass is 16.1. The first kappa shape index (κ1) is 10.7. The van der Waals surface area contributed by atoms with Gasteiger partial charge in [-0.15, -0.1) is 0 Å². The molecule has 0 N–H and O–H groups in total. The maximum atomic E-state index is 11.2. The van der Waals surface area contributed by atoms with E-state index in [1.165, 1.54) is 19.1 Å². The van der Waals surface area contributed by atoms with Crippen LogP contribution in [0.1, 0.15) is 53.4 Å². The van der Waals surface area contributed by atoms with Gasteiger partial charge in [0.2, 0.25) is 0 Å². The van der Waals surface area contributed by atoms with Crippen LogP contribution in [0.4, 0.5) is 0 Å². The second kappa shape index (κ2) is 3.43. The van der Waals surface area contributed by atoms with Crippen LogP contribution in [0.3, 0.4) is 0 Å². The summed E-state index contributed by atoms with van der Waals surface area (Å²) < 4.78 is 0. The van der Waals surface area contributed by atoms with Crippen molar-refractivity contribution < 1.29 is 4.79 Å². The zero-order valence-corrected chi connectivity index (χ0v) is 9.39. The Morgan fingerprint density at radius 2 is 2.00 bits per heavy atom. The van der Waals surface area contributed by atoms with E-state index in [4.69, 9.17) is 0 Å². The summed E-state index contributed by atoms with van der Waals surface area (Å²) in [6, 6.07) is 0. The monoisotopic (exact) mass is 182 g/mol. The summed E-state index contributed by atoms with van der Waals surface area (Å²) in [6.07, 6.45) is 5.76. The highest BCUT2D eigenvalue weighted by Gasteiger charge is 2.52. The number of rotatable bonds is 3. The SMILES string of the molecule is CCC1CCC(C=O)(CC)C1(C)C. The summed E-state index contributed by atoms with van der Waals surface area (Å²) in [6.45, 7) is 8.93. The topological polar surface area (TPSA) is 17.1 Å². The minimum atomic E-state index is -0.0341. The molecule has 0 radical (unpaired) electrons. The van der Waals surface area contributed by atoms with Crippen molar-refractivity contribution in [2.24, 2.45) is 16.7 Å². The quantitative estimate of drug-likeness (QED) is 0.611. The number of hydrogen-bond acceptors (Lipinski definition) is 1. The number of hydrogen-bond donors (Lipinski definition) is 0. The van der Waals surface area contributed by atoms with Crippen molar-refractivity contribution in [2.75, 3.05) is 0 Å². The van der Waals surface area contributed by atoms with Crippen molar-refractivity contribution in [3.63, 3.8) is 0 Å². The van der Waals surface area contributed by atoms with Crippen LogP contribution in [0.2, 0.25) is 0 Å². The maximum Gasteiger partial charge on any atom is 0.126 e. The Morgan fingerprint density at radius 3 is 2.23 bits per heavy atom. The van der Waals surface area contributed by atoms with Crippen LogP contribution < -0.4 is 0 Å². The van der Waals surface area contributed by atoms with Crippen molar-refractivity contribution in [3.05, 3.63) is 0 Å². The van der Waals surface area contributed by atoms with E-state index in [1.54, 1.807) is 0 Å². The lowest BCUT2D eigenvalue weighted by Gasteiger charge is -2.39. The molecular weight excluding hydrogens is 160 g/mol. The van der Waals surface area contributed by atoms with Gasteiger partial charge in [0.05, 0.1) is 0 Å². The maximum absolute atomic E-state index is 11.2. The third kappa shape index (κ3) is 1.33. The molecular formula is C12H22O. The molecule has 1 rings (SSSR count). The molecule has 0 amide bonds. The smallest absolute Gasteiger partial charge is 0.126 e. The zero-order valence-electron chi connectivity index (χ0n) is 9.39. The molecule has 1 heteroatoms. The molecule has 0 bridgehead atoms. The summed E-state index contributed by atoms with van der Waals surface area (Å²) in [5, 5.41) is 0. The van der Waals surface area contributed by atoms with Gasteiger partial charge in [-0.1, -0.05) is 34.1 Å². The van der Waals surface area contributed by atoms with Crippen LogP contribution >= 0.6 is 0 Å². The Bertz CT molecular complexity index is 195.